The fraction of sp³-hybridized carbons (Fsp3) is 0.556. The molecular formula is C9H12FN3O2. The van der Waals surface area contributed by atoms with Gasteiger partial charge in [0.15, 0.2) is 0 Å². The third-order valence-corrected chi connectivity index (χ3v) is 2.30. The van der Waals surface area contributed by atoms with Gasteiger partial charge in [-0.05, 0) is 0 Å². The minimum absolute atomic E-state index is 0.205. The molecule has 82 valence electrons. The second-order valence-electron chi connectivity index (χ2n) is 3.36. The summed E-state index contributed by atoms with van der Waals surface area (Å²) in [6, 6.07) is 1.40. The van der Waals surface area contributed by atoms with Gasteiger partial charge in [0.05, 0.1) is 12.9 Å². The van der Waals surface area contributed by atoms with Crippen LogP contribution in [-0.2, 0) is 4.74 Å². The first-order chi connectivity index (χ1) is 7.29. The number of aromatic amines is 1. The lowest BCUT2D eigenvalue weighted by Gasteiger charge is -2.32. The van der Waals surface area contributed by atoms with Gasteiger partial charge < -0.3 is 14.6 Å². The fourth-order valence-electron chi connectivity index (χ4n) is 1.55. The molecule has 1 aliphatic rings. The largest absolute Gasteiger partial charge is 0.372 e. The molecule has 1 aliphatic heterocycles. The van der Waals surface area contributed by atoms with Crippen molar-refractivity contribution in [3.63, 3.8) is 0 Å². The van der Waals surface area contributed by atoms with Crippen LogP contribution in [-0.4, -0.2) is 42.4 Å². The molecular weight excluding hydrogens is 201 g/mol. The van der Waals surface area contributed by atoms with E-state index in [0.717, 1.165) is 0 Å². The second-order valence-corrected chi connectivity index (χ2v) is 3.36. The number of H-pyrrole nitrogens is 1. The minimum atomic E-state index is -0.514. The highest BCUT2D eigenvalue weighted by Crippen LogP contribution is 2.12. The Kier molecular flexibility index (Phi) is 2.96. The van der Waals surface area contributed by atoms with Crippen molar-refractivity contribution in [2.45, 2.75) is 6.10 Å². The molecule has 0 aliphatic carbocycles. The summed E-state index contributed by atoms with van der Waals surface area (Å²) in [5.74, 6) is 0.570. The number of aromatic nitrogens is 2. The number of anilines is 1. The molecule has 6 heteroatoms. The number of alkyl halides is 1. The molecule has 1 saturated heterocycles. The predicted octanol–water partition coefficient (Wildman–Crippen LogP) is -0.0554. The highest BCUT2D eigenvalue weighted by Gasteiger charge is 2.21. The SMILES string of the molecule is O=c1cc(N2CCOC(CF)C2)nc[nH]1. The average molecular weight is 213 g/mol. The first-order valence-electron chi connectivity index (χ1n) is 4.77. The maximum absolute atomic E-state index is 12.4. The van der Waals surface area contributed by atoms with E-state index in [4.69, 9.17) is 4.74 Å². The molecule has 2 rings (SSSR count). The van der Waals surface area contributed by atoms with Gasteiger partial charge in [-0.1, -0.05) is 0 Å². The lowest BCUT2D eigenvalue weighted by Crippen LogP contribution is -2.44. The summed E-state index contributed by atoms with van der Waals surface area (Å²) < 4.78 is 17.6. The number of rotatable bonds is 2. The van der Waals surface area contributed by atoms with E-state index in [9.17, 15) is 9.18 Å². The van der Waals surface area contributed by atoms with Crippen LogP contribution in [0.2, 0.25) is 0 Å². The molecule has 0 bridgehead atoms. The first-order valence-corrected chi connectivity index (χ1v) is 4.77. The number of nitrogens with zero attached hydrogens (tertiary/aromatic N) is 2. The number of hydrogen-bond acceptors (Lipinski definition) is 4. The molecule has 1 fully saturated rings. The zero-order valence-electron chi connectivity index (χ0n) is 8.15. The Bertz CT molecular complexity index is 382. The Labute approximate surface area is 85.9 Å². The summed E-state index contributed by atoms with van der Waals surface area (Å²) in [6.45, 7) is 1.02. The van der Waals surface area contributed by atoms with Crippen molar-refractivity contribution in [1.82, 2.24) is 9.97 Å². The van der Waals surface area contributed by atoms with Crippen molar-refractivity contribution >= 4 is 5.82 Å². The summed E-state index contributed by atoms with van der Waals surface area (Å²) in [5, 5.41) is 0. The van der Waals surface area contributed by atoms with Crippen LogP contribution in [0.25, 0.3) is 0 Å². The molecule has 0 saturated carbocycles. The molecule has 15 heavy (non-hydrogen) atoms. The van der Waals surface area contributed by atoms with Crippen molar-refractivity contribution in [2.24, 2.45) is 0 Å². The smallest absolute Gasteiger partial charge is 0.252 e. The number of hydrogen-bond donors (Lipinski definition) is 1. The van der Waals surface area contributed by atoms with Crippen LogP contribution in [0.1, 0.15) is 0 Å². The standard InChI is InChI=1S/C9H12FN3O2/c10-4-7-5-13(1-2-15-7)8-3-9(14)12-6-11-8/h3,6-7H,1-2,4-5H2,(H,11,12,14). The van der Waals surface area contributed by atoms with E-state index in [1.165, 1.54) is 12.4 Å². The lowest BCUT2D eigenvalue weighted by molar-refractivity contribution is 0.0244. The van der Waals surface area contributed by atoms with Crippen molar-refractivity contribution in [1.29, 1.82) is 0 Å². The van der Waals surface area contributed by atoms with E-state index in [1.807, 2.05) is 4.90 Å². The van der Waals surface area contributed by atoms with E-state index in [2.05, 4.69) is 9.97 Å². The third-order valence-electron chi connectivity index (χ3n) is 2.30. The summed E-state index contributed by atoms with van der Waals surface area (Å²) in [4.78, 5) is 19.4. The quantitative estimate of drug-likeness (QED) is 0.748. The number of halogens is 1. The maximum Gasteiger partial charge on any atom is 0.252 e. The molecule has 1 aromatic rings. The lowest BCUT2D eigenvalue weighted by atomic mass is 10.3. The van der Waals surface area contributed by atoms with Gasteiger partial charge in [0, 0.05) is 19.2 Å². The Morgan fingerprint density at radius 3 is 3.33 bits per heavy atom. The average Bonchev–Trinajstić information content (AvgIpc) is 2.29. The van der Waals surface area contributed by atoms with Crippen molar-refractivity contribution in [2.75, 3.05) is 31.3 Å². The molecule has 5 nitrogen and oxygen atoms in total. The summed E-state index contributed by atoms with van der Waals surface area (Å²) in [7, 11) is 0. The molecule has 1 N–H and O–H groups in total. The zero-order valence-corrected chi connectivity index (χ0v) is 8.15. The van der Waals surface area contributed by atoms with Crippen molar-refractivity contribution < 1.29 is 9.13 Å². The minimum Gasteiger partial charge on any atom is -0.372 e. The Morgan fingerprint density at radius 2 is 2.60 bits per heavy atom. The Hall–Kier alpha value is -1.43. The second kappa shape index (κ2) is 4.39. The van der Waals surface area contributed by atoms with Gasteiger partial charge in [-0.15, -0.1) is 0 Å². The molecule has 0 radical (unpaired) electrons. The van der Waals surface area contributed by atoms with E-state index < -0.39 is 12.8 Å². The van der Waals surface area contributed by atoms with Gasteiger partial charge in [0.25, 0.3) is 5.56 Å². The molecule has 1 atom stereocenters. The molecule has 0 amide bonds. The first kappa shape index (κ1) is 10.1. The summed E-state index contributed by atoms with van der Waals surface area (Å²) >= 11 is 0. The van der Waals surface area contributed by atoms with Gasteiger partial charge in [-0.25, -0.2) is 9.37 Å². The van der Waals surface area contributed by atoms with E-state index in [-0.39, 0.29) is 5.56 Å². The van der Waals surface area contributed by atoms with Crippen LogP contribution in [0.4, 0.5) is 10.2 Å². The highest BCUT2D eigenvalue weighted by atomic mass is 19.1. The fourth-order valence-corrected chi connectivity index (χ4v) is 1.55. The predicted molar refractivity (Wildman–Crippen MR) is 52.8 cm³/mol. The monoisotopic (exact) mass is 213 g/mol. The van der Waals surface area contributed by atoms with Gasteiger partial charge >= 0.3 is 0 Å². The number of ether oxygens (including phenoxy) is 1. The highest BCUT2D eigenvalue weighted by molar-refractivity contribution is 5.37. The van der Waals surface area contributed by atoms with Gasteiger partial charge in [0.1, 0.15) is 18.6 Å². The van der Waals surface area contributed by atoms with Crippen LogP contribution in [0.5, 0.6) is 0 Å². The summed E-state index contributed by atoms with van der Waals surface area (Å²) in [5.41, 5.74) is -0.205. The van der Waals surface area contributed by atoms with Crippen LogP contribution < -0.4 is 10.5 Å². The summed E-state index contributed by atoms with van der Waals surface area (Å²) in [6.07, 6.45) is 0.928. The Morgan fingerprint density at radius 1 is 1.73 bits per heavy atom. The molecule has 1 aromatic heterocycles. The molecule has 0 aromatic carbocycles. The van der Waals surface area contributed by atoms with Gasteiger partial charge in [-0.2, -0.15) is 0 Å². The number of morpholine rings is 1. The van der Waals surface area contributed by atoms with Gasteiger partial charge in [-0.3, -0.25) is 4.79 Å². The topological polar surface area (TPSA) is 58.2 Å². The zero-order chi connectivity index (χ0) is 10.7. The molecule has 2 heterocycles. The Balaban J connectivity index is 2.13. The molecule has 0 spiro atoms. The van der Waals surface area contributed by atoms with E-state index in [0.29, 0.717) is 25.5 Å². The molecule has 1 unspecified atom stereocenters. The van der Waals surface area contributed by atoms with Crippen molar-refractivity contribution in [3.8, 4) is 0 Å². The van der Waals surface area contributed by atoms with Crippen LogP contribution in [0.15, 0.2) is 17.2 Å². The van der Waals surface area contributed by atoms with E-state index in [1.54, 1.807) is 0 Å². The van der Waals surface area contributed by atoms with Crippen LogP contribution >= 0.6 is 0 Å². The third kappa shape index (κ3) is 2.33. The van der Waals surface area contributed by atoms with Crippen LogP contribution in [0, 0.1) is 0 Å². The number of nitrogens with one attached hydrogen (secondary N) is 1. The van der Waals surface area contributed by atoms with E-state index >= 15 is 0 Å². The van der Waals surface area contributed by atoms with Crippen LogP contribution in [0.3, 0.4) is 0 Å². The van der Waals surface area contributed by atoms with Gasteiger partial charge in [0.2, 0.25) is 0 Å². The maximum atomic E-state index is 12.4. The normalized spacial score (nSPS) is 21.7. The van der Waals surface area contributed by atoms with Crippen molar-refractivity contribution in [3.05, 3.63) is 22.7 Å².